The molecule has 2 amide bonds. The van der Waals surface area contributed by atoms with E-state index >= 15 is 0 Å². The third-order valence-corrected chi connectivity index (χ3v) is 3.97. The molecule has 1 saturated carbocycles. The molecular weight excluding hydrogens is 304 g/mol. The van der Waals surface area contributed by atoms with Crippen molar-refractivity contribution < 1.29 is 9.59 Å². The van der Waals surface area contributed by atoms with Gasteiger partial charge in [-0.3, -0.25) is 9.59 Å². The van der Waals surface area contributed by atoms with Crippen LogP contribution in [0, 0.1) is 5.92 Å². The van der Waals surface area contributed by atoms with Crippen molar-refractivity contribution in [1.29, 1.82) is 0 Å². The molecular formula is C18H28N4O2. The molecule has 0 spiro atoms. The topological polar surface area (TPSA) is 73.5 Å². The van der Waals surface area contributed by atoms with Crippen LogP contribution in [-0.4, -0.2) is 57.0 Å². The van der Waals surface area contributed by atoms with Crippen molar-refractivity contribution >= 4 is 11.8 Å². The average Bonchev–Trinajstić information content (AvgIpc) is 3.37. The Kier molecular flexibility index (Phi) is 7.21. The second kappa shape index (κ2) is 9.39. The lowest BCUT2D eigenvalue weighted by Gasteiger charge is -2.11. The molecule has 0 saturated heterocycles. The zero-order valence-electron chi connectivity index (χ0n) is 14.6. The Hall–Kier alpha value is -1.92. The first kappa shape index (κ1) is 18.4. The normalized spacial score (nSPS) is 13.8. The van der Waals surface area contributed by atoms with Gasteiger partial charge in [-0.15, -0.1) is 0 Å². The minimum Gasteiger partial charge on any atom is -0.351 e. The summed E-state index contributed by atoms with van der Waals surface area (Å²) in [4.78, 5) is 25.7. The van der Waals surface area contributed by atoms with Gasteiger partial charge in [-0.2, -0.15) is 0 Å². The average molecular weight is 332 g/mol. The third-order valence-electron chi connectivity index (χ3n) is 3.97. The molecule has 0 atom stereocenters. The Morgan fingerprint density at radius 1 is 1.12 bits per heavy atom. The highest BCUT2D eigenvalue weighted by Gasteiger charge is 2.20. The van der Waals surface area contributed by atoms with Crippen LogP contribution >= 0.6 is 0 Å². The smallest absolute Gasteiger partial charge is 0.251 e. The van der Waals surface area contributed by atoms with Gasteiger partial charge in [-0.25, -0.2) is 0 Å². The predicted octanol–water partition coefficient (Wildman–Crippen LogP) is 0.594. The van der Waals surface area contributed by atoms with E-state index in [0.29, 0.717) is 25.2 Å². The number of nitrogens with zero attached hydrogens (tertiary/aromatic N) is 1. The van der Waals surface area contributed by atoms with E-state index in [1.54, 1.807) is 12.1 Å². The molecule has 1 aliphatic rings. The van der Waals surface area contributed by atoms with Crippen molar-refractivity contribution in [3.63, 3.8) is 0 Å². The number of benzene rings is 1. The van der Waals surface area contributed by atoms with Crippen molar-refractivity contribution in [3.8, 4) is 0 Å². The monoisotopic (exact) mass is 332 g/mol. The van der Waals surface area contributed by atoms with Gasteiger partial charge in [0.1, 0.15) is 0 Å². The van der Waals surface area contributed by atoms with Crippen molar-refractivity contribution in [1.82, 2.24) is 20.9 Å². The summed E-state index contributed by atoms with van der Waals surface area (Å²) in [6, 6.07) is 7.33. The first-order valence-electron chi connectivity index (χ1n) is 8.54. The molecule has 0 bridgehead atoms. The van der Waals surface area contributed by atoms with Crippen LogP contribution < -0.4 is 16.0 Å². The summed E-state index contributed by atoms with van der Waals surface area (Å²) in [5.74, 6) is 0.701. The number of carbonyl (C=O) groups excluding carboxylic acids is 2. The van der Waals surface area contributed by atoms with Crippen molar-refractivity contribution in [2.45, 2.75) is 19.4 Å². The zero-order chi connectivity index (χ0) is 17.4. The number of hydrogen-bond acceptors (Lipinski definition) is 4. The van der Waals surface area contributed by atoms with Crippen LogP contribution in [0.5, 0.6) is 0 Å². The molecule has 0 aromatic heterocycles. The van der Waals surface area contributed by atoms with E-state index < -0.39 is 0 Å². The molecule has 0 unspecified atom stereocenters. The number of carbonyl (C=O) groups is 2. The second-order valence-corrected chi connectivity index (χ2v) is 6.61. The Balaban J connectivity index is 1.66. The summed E-state index contributed by atoms with van der Waals surface area (Å²) in [6.07, 6.45) is 2.56. The fraction of sp³-hybridized carbons (Fsp3) is 0.556. The second-order valence-electron chi connectivity index (χ2n) is 6.61. The Morgan fingerprint density at radius 3 is 2.46 bits per heavy atom. The minimum absolute atomic E-state index is 0.00107. The first-order chi connectivity index (χ1) is 11.5. The molecule has 132 valence electrons. The van der Waals surface area contributed by atoms with E-state index in [1.807, 2.05) is 31.1 Å². The fourth-order valence-electron chi connectivity index (χ4n) is 2.24. The number of likely N-dealkylation sites (N-methyl/N-ethyl adjacent to an activating group) is 1. The van der Waals surface area contributed by atoms with E-state index in [1.165, 1.54) is 12.8 Å². The van der Waals surface area contributed by atoms with Crippen LogP contribution in [0.2, 0.25) is 0 Å². The van der Waals surface area contributed by atoms with Crippen LogP contribution in [-0.2, 0) is 11.3 Å². The Morgan fingerprint density at radius 2 is 1.83 bits per heavy atom. The molecule has 0 aliphatic heterocycles. The fourth-order valence-corrected chi connectivity index (χ4v) is 2.24. The largest absolute Gasteiger partial charge is 0.351 e. The number of rotatable bonds is 10. The maximum Gasteiger partial charge on any atom is 0.251 e. The molecule has 1 aromatic carbocycles. The molecule has 6 nitrogen and oxygen atoms in total. The van der Waals surface area contributed by atoms with Crippen LogP contribution in [0.4, 0.5) is 0 Å². The highest BCUT2D eigenvalue weighted by Crippen LogP contribution is 2.27. The van der Waals surface area contributed by atoms with Gasteiger partial charge in [0.05, 0.1) is 6.54 Å². The summed E-state index contributed by atoms with van der Waals surface area (Å²) in [6.45, 7) is 3.21. The lowest BCUT2D eigenvalue weighted by Crippen LogP contribution is -2.34. The van der Waals surface area contributed by atoms with Crippen LogP contribution in [0.25, 0.3) is 0 Å². The summed E-state index contributed by atoms with van der Waals surface area (Å²) in [5.41, 5.74) is 1.62. The molecule has 0 radical (unpaired) electrons. The van der Waals surface area contributed by atoms with Crippen molar-refractivity contribution in [2.24, 2.45) is 5.92 Å². The Bertz CT molecular complexity index is 538. The SMILES string of the molecule is CN(C)CCNC(=O)c1ccc(CNC(=O)CNCC2CC2)cc1. The lowest BCUT2D eigenvalue weighted by molar-refractivity contribution is -0.120. The maximum atomic E-state index is 12.0. The van der Waals surface area contributed by atoms with E-state index in [0.717, 1.165) is 24.6 Å². The Labute approximate surface area is 144 Å². The molecule has 1 aromatic rings. The molecule has 3 N–H and O–H groups in total. The van der Waals surface area contributed by atoms with Gasteiger partial charge in [0, 0.05) is 25.2 Å². The number of amides is 2. The van der Waals surface area contributed by atoms with E-state index in [4.69, 9.17) is 0 Å². The predicted molar refractivity (Wildman–Crippen MR) is 94.8 cm³/mol. The summed E-state index contributed by atoms with van der Waals surface area (Å²) >= 11 is 0. The molecule has 0 heterocycles. The molecule has 24 heavy (non-hydrogen) atoms. The molecule has 6 heteroatoms. The summed E-state index contributed by atoms with van der Waals surface area (Å²) in [5, 5.41) is 8.93. The lowest BCUT2D eigenvalue weighted by atomic mass is 10.1. The quantitative estimate of drug-likeness (QED) is 0.586. The van der Waals surface area contributed by atoms with E-state index in [9.17, 15) is 9.59 Å². The third kappa shape index (κ3) is 7.10. The minimum atomic E-state index is -0.0725. The van der Waals surface area contributed by atoms with Crippen molar-refractivity contribution in [3.05, 3.63) is 35.4 Å². The van der Waals surface area contributed by atoms with Gasteiger partial charge in [-0.05, 0) is 57.1 Å². The number of nitrogens with one attached hydrogen (secondary N) is 3. The molecule has 1 aliphatic carbocycles. The zero-order valence-corrected chi connectivity index (χ0v) is 14.6. The van der Waals surface area contributed by atoms with Crippen LogP contribution in [0.15, 0.2) is 24.3 Å². The highest BCUT2D eigenvalue weighted by atomic mass is 16.2. The maximum absolute atomic E-state index is 12.0. The van der Waals surface area contributed by atoms with Gasteiger partial charge in [0.15, 0.2) is 0 Å². The van der Waals surface area contributed by atoms with Gasteiger partial charge in [0.25, 0.3) is 5.91 Å². The van der Waals surface area contributed by atoms with E-state index in [2.05, 4.69) is 16.0 Å². The van der Waals surface area contributed by atoms with Gasteiger partial charge in [0.2, 0.25) is 5.91 Å². The molecule has 2 rings (SSSR count). The summed E-state index contributed by atoms with van der Waals surface area (Å²) < 4.78 is 0. The van der Waals surface area contributed by atoms with Gasteiger partial charge < -0.3 is 20.9 Å². The standard InChI is InChI=1S/C18H28N4O2/c1-22(2)10-9-20-18(24)16-7-5-15(6-8-16)12-21-17(23)13-19-11-14-3-4-14/h5-8,14,19H,3-4,9-13H2,1-2H3,(H,20,24)(H,21,23). The van der Waals surface area contributed by atoms with Gasteiger partial charge in [-0.1, -0.05) is 12.1 Å². The first-order valence-corrected chi connectivity index (χ1v) is 8.54. The van der Waals surface area contributed by atoms with Crippen LogP contribution in [0.1, 0.15) is 28.8 Å². The van der Waals surface area contributed by atoms with E-state index in [-0.39, 0.29) is 11.8 Å². The molecule has 1 fully saturated rings. The van der Waals surface area contributed by atoms with Crippen LogP contribution in [0.3, 0.4) is 0 Å². The summed E-state index contributed by atoms with van der Waals surface area (Å²) in [7, 11) is 3.94. The highest BCUT2D eigenvalue weighted by molar-refractivity contribution is 5.94. The van der Waals surface area contributed by atoms with Crippen molar-refractivity contribution in [2.75, 3.05) is 40.3 Å². The van der Waals surface area contributed by atoms with Gasteiger partial charge >= 0.3 is 0 Å². The number of hydrogen-bond donors (Lipinski definition) is 3.